The summed E-state index contributed by atoms with van der Waals surface area (Å²) < 4.78 is 5.53. The number of nitrogens with two attached hydrogens (primary N) is 1. The van der Waals surface area contributed by atoms with Crippen molar-refractivity contribution in [1.82, 2.24) is 5.32 Å². The van der Waals surface area contributed by atoms with Crippen molar-refractivity contribution in [2.24, 2.45) is 5.73 Å². The monoisotopic (exact) mass is 270 g/mol. The lowest BCUT2D eigenvalue weighted by Gasteiger charge is -2.22. The molecular formula is C17H22N2O. The van der Waals surface area contributed by atoms with Crippen molar-refractivity contribution in [3.05, 3.63) is 54.1 Å². The summed E-state index contributed by atoms with van der Waals surface area (Å²) in [5, 5.41) is 5.82. The lowest BCUT2D eigenvalue weighted by molar-refractivity contribution is 0.402. The molecule has 0 heterocycles. The molecule has 0 amide bonds. The zero-order chi connectivity index (χ0) is 14.5. The largest absolute Gasteiger partial charge is 0.496 e. The van der Waals surface area contributed by atoms with Gasteiger partial charge in [0, 0.05) is 24.7 Å². The second-order valence-electron chi connectivity index (χ2n) is 5.03. The van der Waals surface area contributed by atoms with Crippen molar-refractivity contribution in [3.8, 4) is 5.75 Å². The number of hydrogen-bond donors (Lipinski definition) is 2. The molecule has 3 N–H and O–H groups in total. The van der Waals surface area contributed by atoms with Crippen LogP contribution in [-0.4, -0.2) is 20.2 Å². The molecule has 0 aliphatic rings. The predicted octanol–water partition coefficient (Wildman–Crippen LogP) is 3.01. The Labute approximate surface area is 120 Å². The van der Waals surface area contributed by atoms with E-state index in [0.29, 0.717) is 6.54 Å². The van der Waals surface area contributed by atoms with Crippen LogP contribution in [0, 0.1) is 0 Å². The first-order valence-electron chi connectivity index (χ1n) is 6.80. The number of rotatable bonds is 6. The van der Waals surface area contributed by atoms with E-state index >= 15 is 0 Å². The molecule has 0 saturated carbocycles. The topological polar surface area (TPSA) is 47.3 Å². The van der Waals surface area contributed by atoms with Crippen LogP contribution in [0.1, 0.15) is 18.5 Å². The van der Waals surface area contributed by atoms with Gasteiger partial charge >= 0.3 is 0 Å². The summed E-state index contributed by atoms with van der Waals surface area (Å²) in [6.07, 6.45) is 0. The van der Waals surface area contributed by atoms with E-state index in [0.717, 1.165) is 23.4 Å². The van der Waals surface area contributed by atoms with E-state index in [1.165, 1.54) is 10.8 Å². The Morgan fingerprint density at radius 3 is 2.70 bits per heavy atom. The maximum atomic E-state index is 5.96. The smallest absolute Gasteiger partial charge is 0.124 e. The molecule has 106 valence electrons. The molecule has 1 atom stereocenters. The van der Waals surface area contributed by atoms with E-state index in [2.05, 4.69) is 30.1 Å². The zero-order valence-electron chi connectivity index (χ0n) is 12.1. The van der Waals surface area contributed by atoms with Crippen LogP contribution < -0.4 is 15.8 Å². The van der Waals surface area contributed by atoms with Gasteiger partial charge in [-0.05, 0) is 23.8 Å². The van der Waals surface area contributed by atoms with Crippen LogP contribution in [-0.2, 0) is 0 Å². The van der Waals surface area contributed by atoms with Crippen LogP contribution in [0.5, 0.6) is 5.75 Å². The van der Waals surface area contributed by atoms with Crippen molar-refractivity contribution < 1.29 is 4.74 Å². The molecule has 3 nitrogen and oxygen atoms in total. The molecule has 0 aromatic heterocycles. The Kier molecular flexibility index (Phi) is 4.77. The number of nitrogens with one attached hydrogen (secondary N) is 1. The fraction of sp³-hybridized carbons (Fsp3) is 0.294. The summed E-state index contributed by atoms with van der Waals surface area (Å²) in [5.41, 5.74) is 8.16. The van der Waals surface area contributed by atoms with E-state index in [1.54, 1.807) is 7.11 Å². The number of hydrogen-bond acceptors (Lipinski definition) is 3. The maximum Gasteiger partial charge on any atom is 0.124 e. The molecule has 0 bridgehead atoms. The lowest BCUT2D eigenvalue weighted by atomic mass is 9.97. The van der Waals surface area contributed by atoms with Gasteiger partial charge in [0.25, 0.3) is 0 Å². The number of fused-ring (bicyclic) bond motifs is 1. The van der Waals surface area contributed by atoms with Crippen LogP contribution >= 0.6 is 0 Å². The molecule has 2 rings (SSSR count). The Morgan fingerprint density at radius 2 is 2.05 bits per heavy atom. The van der Waals surface area contributed by atoms with Crippen LogP contribution in [0.3, 0.4) is 0 Å². The second kappa shape index (κ2) is 6.55. The predicted molar refractivity (Wildman–Crippen MR) is 85.1 cm³/mol. The molecule has 20 heavy (non-hydrogen) atoms. The molecule has 1 unspecified atom stereocenters. The SMILES string of the molecule is C=C(C)CNC(CN)c1c(OC)ccc2ccccc12. The third-order valence-corrected chi connectivity index (χ3v) is 3.39. The molecule has 2 aromatic rings. The summed E-state index contributed by atoms with van der Waals surface area (Å²) in [5.74, 6) is 0.869. The zero-order valence-corrected chi connectivity index (χ0v) is 12.1. The third kappa shape index (κ3) is 3.00. The molecule has 0 spiro atoms. The van der Waals surface area contributed by atoms with Crippen molar-refractivity contribution in [2.75, 3.05) is 20.2 Å². The van der Waals surface area contributed by atoms with Crippen molar-refractivity contribution >= 4 is 10.8 Å². The molecule has 2 aromatic carbocycles. The number of benzene rings is 2. The van der Waals surface area contributed by atoms with Gasteiger partial charge in [-0.1, -0.05) is 42.5 Å². The quantitative estimate of drug-likeness (QED) is 0.793. The van der Waals surface area contributed by atoms with E-state index in [-0.39, 0.29) is 6.04 Å². The first kappa shape index (κ1) is 14.6. The Morgan fingerprint density at radius 1 is 1.30 bits per heavy atom. The van der Waals surface area contributed by atoms with Gasteiger partial charge in [0.05, 0.1) is 7.11 Å². The van der Waals surface area contributed by atoms with Gasteiger partial charge in [0.15, 0.2) is 0 Å². The molecule has 3 heteroatoms. The molecule has 0 fully saturated rings. The minimum Gasteiger partial charge on any atom is -0.496 e. The summed E-state index contributed by atoms with van der Waals surface area (Å²) in [7, 11) is 1.69. The first-order chi connectivity index (χ1) is 9.67. The highest BCUT2D eigenvalue weighted by Crippen LogP contribution is 2.32. The Hall–Kier alpha value is -1.84. The summed E-state index contributed by atoms with van der Waals surface area (Å²) in [4.78, 5) is 0. The van der Waals surface area contributed by atoms with Gasteiger partial charge in [-0.2, -0.15) is 0 Å². The average molecular weight is 270 g/mol. The van der Waals surface area contributed by atoms with Gasteiger partial charge in [-0.25, -0.2) is 0 Å². The van der Waals surface area contributed by atoms with Gasteiger partial charge in [0.2, 0.25) is 0 Å². The van der Waals surface area contributed by atoms with Gasteiger partial charge < -0.3 is 15.8 Å². The average Bonchev–Trinajstić information content (AvgIpc) is 2.47. The van der Waals surface area contributed by atoms with Crippen LogP contribution in [0.2, 0.25) is 0 Å². The summed E-state index contributed by atoms with van der Waals surface area (Å²) in [6, 6.07) is 12.4. The fourth-order valence-electron chi connectivity index (χ4n) is 2.41. The van der Waals surface area contributed by atoms with E-state index in [4.69, 9.17) is 10.5 Å². The minimum atomic E-state index is 0.0488. The Bertz CT molecular complexity index is 607. The van der Waals surface area contributed by atoms with Crippen molar-refractivity contribution in [2.45, 2.75) is 13.0 Å². The highest BCUT2D eigenvalue weighted by atomic mass is 16.5. The van der Waals surface area contributed by atoms with Gasteiger partial charge in [0.1, 0.15) is 5.75 Å². The van der Waals surface area contributed by atoms with E-state index in [1.807, 2.05) is 25.1 Å². The van der Waals surface area contributed by atoms with Crippen molar-refractivity contribution in [1.29, 1.82) is 0 Å². The van der Waals surface area contributed by atoms with Crippen molar-refractivity contribution in [3.63, 3.8) is 0 Å². The summed E-state index contributed by atoms with van der Waals surface area (Å²) >= 11 is 0. The first-order valence-corrected chi connectivity index (χ1v) is 6.80. The summed E-state index contributed by atoms with van der Waals surface area (Å²) in [6.45, 7) is 7.18. The fourth-order valence-corrected chi connectivity index (χ4v) is 2.41. The van der Waals surface area contributed by atoms with Crippen LogP contribution in [0.25, 0.3) is 10.8 Å². The lowest BCUT2D eigenvalue weighted by Crippen LogP contribution is -2.29. The second-order valence-corrected chi connectivity index (χ2v) is 5.03. The van der Waals surface area contributed by atoms with Gasteiger partial charge in [-0.15, -0.1) is 0 Å². The third-order valence-electron chi connectivity index (χ3n) is 3.39. The van der Waals surface area contributed by atoms with Crippen LogP contribution in [0.15, 0.2) is 48.6 Å². The highest BCUT2D eigenvalue weighted by molar-refractivity contribution is 5.88. The van der Waals surface area contributed by atoms with Crippen LogP contribution in [0.4, 0.5) is 0 Å². The molecular weight excluding hydrogens is 248 g/mol. The number of ether oxygens (including phenoxy) is 1. The molecule has 0 radical (unpaired) electrons. The minimum absolute atomic E-state index is 0.0488. The molecule has 0 saturated heterocycles. The van der Waals surface area contributed by atoms with Gasteiger partial charge in [-0.3, -0.25) is 0 Å². The highest BCUT2D eigenvalue weighted by Gasteiger charge is 2.17. The number of methoxy groups -OCH3 is 1. The molecule has 0 aliphatic carbocycles. The standard InChI is InChI=1S/C17H22N2O/c1-12(2)11-19-15(10-18)17-14-7-5-4-6-13(14)8-9-16(17)20-3/h4-9,15,19H,1,10-11,18H2,2-3H3. The molecule has 0 aliphatic heterocycles. The Balaban J connectivity index is 2.50. The van der Waals surface area contributed by atoms with E-state index in [9.17, 15) is 0 Å². The normalized spacial score (nSPS) is 12.3. The maximum absolute atomic E-state index is 5.96. The van der Waals surface area contributed by atoms with E-state index < -0.39 is 0 Å².